The van der Waals surface area contributed by atoms with Crippen molar-refractivity contribution in [2.24, 2.45) is 0 Å². The predicted octanol–water partition coefficient (Wildman–Crippen LogP) is -0.868. The van der Waals surface area contributed by atoms with Crippen LogP contribution in [0.25, 0.3) is 0 Å². The molecule has 0 saturated carbocycles. The van der Waals surface area contributed by atoms with Gasteiger partial charge in [0.15, 0.2) is 0 Å². The standard InChI is InChI=1S/C12H18N2O4S/c1-13-6-9-2-4-10(5-3-9)19(17,18)14-7-11(15)12(16)8-14/h2-5,11-13,15-16H,6-8H2,1H3. The Morgan fingerprint density at radius 1 is 1.21 bits per heavy atom. The molecule has 19 heavy (non-hydrogen) atoms. The average Bonchev–Trinajstić information content (AvgIpc) is 2.71. The van der Waals surface area contributed by atoms with Gasteiger partial charge >= 0.3 is 0 Å². The highest BCUT2D eigenvalue weighted by Gasteiger charge is 2.37. The fourth-order valence-corrected chi connectivity index (χ4v) is 3.54. The number of nitrogens with one attached hydrogen (secondary N) is 1. The normalized spacial score (nSPS) is 24.8. The monoisotopic (exact) mass is 286 g/mol. The van der Waals surface area contributed by atoms with E-state index in [1.165, 1.54) is 0 Å². The first kappa shape index (κ1) is 14.4. The minimum Gasteiger partial charge on any atom is -0.389 e. The minimum absolute atomic E-state index is 0.0677. The van der Waals surface area contributed by atoms with Crippen molar-refractivity contribution in [2.75, 3.05) is 20.1 Å². The van der Waals surface area contributed by atoms with Gasteiger partial charge in [0.05, 0.1) is 17.1 Å². The molecule has 7 heteroatoms. The van der Waals surface area contributed by atoms with Gasteiger partial charge in [-0.15, -0.1) is 0 Å². The van der Waals surface area contributed by atoms with Crippen molar-refractivity contribution in [1.82, 2.24) is 9.62 Å². The molecule has 0 bridgehead atoms. The Balaban J connectivity index is 2.20. The Bertz CT molecular complexity index is 519. The van der Waals surface area contributed by atoms with Crippen LogP contribution in [-0.2, 0) is 16.6 Å². The maximum Gasteiger partial charge on any atom is 0.243 e. The van der Waals surface area contributed by atoms with Gasteiger partial charge in [-0.05, 0) is 24.7 Å². The maximum absolute atomic E-state index is 12.3. The average molecular weight is 286 g/mol. The highest BCUT2D eigenvalue weighted by Crippen LogP contribution is 2.21. The summed E-state index contributed by atoms with van der Waals surface area (Å²) in [6.07, 6.45) is -2.03. The summed E-state index contributed by atoms with van der Waals surface area (Å²) >= 11 is 0. The SMILES string of the molecule is CNCc1ccc(S(=O)(=O)N2CC(O)C(O)C2)cc1. The molecule has 2 atom stereocenters. The lowest BCUT2D eigenvalue weighted by Crippen LogP contribution is -2.30. The van der Waals surface area contributed by atoms with E-state index in [1.807, 2.05) is 7.05 Å². The molecule has 0 aromatic heterocycles. The van der Waals surface area contributed by atoms with Gasteiger partial charge in [-0.3, -0.25) is 0 Å². The summed E-state index contributed by atoms with van der Waals surface area (Å²) in [5.74, 6) is 0. The van der Waals surface area contributed by atoms with Crippen LogP contribution in [0.4, 0.5) is 0 Å². The van der Waals surface area contributed by atoms with Crippen LogP contribution in [0, 0.1) is 0 Å². The highest BCUT2D eigenvalue weighted by molar-refractivity contribution is 7.89. The van der Waals surface area contributed by atoms with Crippen molar-refractivity contribution < 1.29 is 18.6 Å². The van der Waals surface area contributed by atoms with Gasteiger partial charge in [0.1, 0.15) is 0 Å². The van der Waals surface area contributed by atoms with E-state index >= 15 is 0 Å². The van der Waals surface area contributed by atoms with E-state index in [9.17, 15) is 18.6 Å². The fourth-order valence-electron chi connectivity index (χ4n) is 2.06. The molecule has 1 saturated heterocycles. The zero-order valence-electron chi connectivity index (χ0n) is 10.7. The summed E-state index contributed by atoms with van der Waals surface area (Å²) in [5.41, 5.74) is 0.989. The van der Waals surface area contributed by atoms with Crippen LogP contribution >= 0.6 is 0 Å². The quantitative estimate of drug-likeness (QED) is 0.669. The molecule has 0 radical (unpaired) electrons. The van der Waals surface area contributed by atoms with Gasteiger partial charge in [-0.2, -0.15) is 4.31 Å². The largest absolute Gasteiger partial charge is 0.389 e. The summed E-state index contributed by atoms with van der Waals surface area (Å²) < 4.78 is 25.7. The first-order valence-corrected chi connectivity index (χ1v) is 7.49. The Labute approximate surface area is 112 Å². The van der Waals surface area contributed by atoms with Crippen LogP contribution in [-0.4, -0.2) is 55.3 Å². The molecular weight excluding hydrogens is 268 g/mol. The molecule has 0 aliphatic carbocycles. The van der Waals surface area contributed by atoms with Crippen LogP contribution in [0.3, 0.4) is 0 Å². The number of hydrogen-bond acceptors (Lipinski definition) is 5. The van der Waals surface area contributed by atoms with Crippen molar-refractivity contribution in [3.05, 3.63) is 29.8 Å². The summed E-state index contributed by atoms with van der Waals surface area (Å²) in [6.45, 7) is 0.533. The van der Waals surface area contributed by atoms with Crippen LogP contribution in [0.15, 0.2) is 29.2 Å². The van der Waals surface area contributed by atoms with Gasteiger partial charge in [0.25, 0.3) is 0 Å². The molecule has 106 valence electrons. The second-order valence-electron chi connectivity index (χ2n) is 4.63. The zero-order chi connectivity index (χ0) is 14.0. The second-order valence-corrected chi connectivity index (χ2v) is 6.57. The van der Waals surface area contributed by atoms with Gasteiger partial charge < -0.3 is 15.5 Å². The lowest BCUT2D eigenvalue weighted by molar-refractivity contribution is 0.0572. The Kier molecular flexibility index (Phi) is 4.22. The molecule has 1 aromatic carbocycles. The maximum atomic E-state index is 12.3. The number of hydrogen-bond donors (Lipinski definition) is 3. The molecule has 3 N–H and O–H groups in total. The summed E-state index contributed by atoms with van der Waals surface area (Å²) in [4.78, 5) is 0.175. The molecule has 6 nitrogen and oxygen atoms in total. The molecule has 2 unspecified atom stereocenters. The van der Waals surface area contributed by atoms with Crippen LogP contribution < -0.4 is 5.32 Å². The van der Waals surface area contributed by atoms with Crippen LogP contribution in [0.2, 0.25) is 0 Å². The van der Waals surface area contributed by atoms with Gasteiger partial charge in [0, 0.05) is 19.6 Å². The van der Waals surface area contributed by atoms with Crippen molar-refractivity contribution in [3.63, 3.8) is 0 Å². The molecule has 1 aromatic rings. The topological polar surface area (TPSA) is 89.9 Å². The van der Waals surface area contributed by atoms with Crippen LogP contribution in [0.1, 0.15) is 5.56 Å². The van der Waals surface area contributed by atoms with E-state index in [4.69, 9.17) is 0 Å². The highest BCUT2D eigenvalue weighted by atomic mass is 32.2. The lowest BCUT2D eigenvalue weighted by atomic mass is 10.2. The number of sulfonamides is 1. The molecule has 2 rings (SSSR count). The van der Waals surface area contributed by atoms with E-state index in [1.54, 1.807) is 24.3 Å². The fraction of sp³-hybridized carbons (Fsp3) is 0.500. The summed E-state index contributed by atoms with van der Waals surface area (Å²) in [7, 11) is -1.83. The molecular formula is C12H18N2O4S. The number of aliphatic hydroxyl groups is 2. The second kappa shape index (κ2) is 5.56. The number of β-amino-alcohol motifs (C(OH)–C–C–N with tert-alkyl or cyclic N) is 2. The first-order chi connectivity index (χ1) is 8.95. The van der Waals surface area contributed by atoms with Gasteiger partial charge in [-0.25, -0.2) is 8.42 Å². The molecule has 0 spiro atoms. The number of nitrogens with zero attached hydrogens (tertiary/aromatic N) is 1. The van der Waals surface area contributed by atoms with Gasteiger partial charge in [-0.1, -0.05) is 12.1 Å². The third kappa shape index (κ3) is 2.96. The number of rotatable bonds is 4. The molecule has 1 fully saturated rings. The van der Waals surface area contributed by atoms with E-state index in [0.29, 0.717) is 6.54 Å². The van der Waals surface area contributed by atoms with Crippen molar-refractivity contribution in [3.8, 4) is 0 Å². The van der Waals surface area contributed by atoms with E-state index in [0.717, 1.165) is 9.87 Å². The van der Waals surface area contributed by atoms with E-state index < -0.39 is 22.2 Å². The molecule has 0 amide bonds. The summed E-state index contributed by atoms with van der Waals surface area (Å²) in [6, 6.07) is 6.57. The van der Waals surface area contributed by atoms with Crippen molar-refractivity contribution in [1.29, 1.82) is 0 Å². The molecule has 1 aliphatic rings. The van der Waals surface area contributed by atoms with E-state index in [-0.39, 0.29) is 18.0 Å². The van der Waals surface area contributed by atoms with Crippen molar-refractivity contribution in [2.45, 2.75) is 23.6 Å². The summed E-state index contributed by atoms with van der Waals surface area (Å²) in [5, 5.41) is 21.8. The smallest absolute Gasteiger partial charge is 0.243 e. The Hall–Kier alpha value is -0.990. The minimum atomic E-state index is -3.64. The Morgan fingerprint density at radius 2 is 1.74 bits per heavy atom. The van der Waals surface area contributed by atoms with E-state index in [2.05, 4.69) is 5.32 Å². The predicted molar refractivity (Wildman–Crippen MR) is 70.0 cm³/mol. The lowest BCUT2D eigenvalue weighted by Gasteiger charge is -2.15. The zero-order valence-corrected chi connectivity index (χ0v) is 11.5. The van der Waals surface area contributed by atoms with Crippen LogP contribution in [0.5, 0.6) is 0 Å². The molecule has 1 heterocycles. The molecule has 1 aliphatic heterocycles. The number of aliphatic hydroxyl groups excluding tert-OH is 2. The third-order valence-corrected chi connectivity index (χ3v) is 5.01. The van der Waals surface area contributed by atoms with Gasteiger partial charge in [0.2, 0.25) is 10.0 Å². The third-order valence-electron chi connectivity index (χ3n) is 3.17. The number of benzene rings is 1. The Morgan fingerprint density at radius 3 is 2.21 bits per heavy atom. The van der Waals surface area contributed by atoms with Crippen molar-refractivity contribution >= 4 is 10.0 Å². The first-order valence-electron chi connectivity index (χ1n) is 6.05.